The first-order valence-corrected chi connectivity index (χ1v) is 13.4. The number of alkyl halides is 3. The monoisotopic (exact) mass is 561 g/mol. The van der Waals surface area contributed by atoms with Gasteiger partial charge in [0.1, 0.15) is 0 Å². The van der Waals surface area contributed by atoms with E-state index >= 15 is 0 Å². The molecule has 0 aromatic heterocycles. The van der Waals surface area contributed by atoms with Crippen LogP contribution in [-0.2, 0) is 19.6 Å². The first kappa shape index (κ1) is 30.5. The molecule has 1 heterocycles. The number of halogens is 4. The van der Waals surface area contributed by atoms with Crippen LogP contribution in [0.2, 0.25) is 0 Å². The van der Waals surface area contributed by atoms with Gasteiger partial charge in [-0.1, -0.05) is 30.3 Å². The molecule has 11 heteroatoms. The molecule has 0 bridgehead atoms. The van der Waals surface area contributed by atoms with Gasteiger partial charge in [0, 0.05) is 42.1 Å². The van der Waals surface area contributed by atoms with Crippen LogP contribution in [0.25, 0.3) is 0 Å². The van der Waals surface area contributed by atoms with Crippen LogP contribution >= 0.6 is 11.6 Å². The van der Waals surface area contributed by atoms with E-state index < -0.39 is 27.7 Å². The number of carboxylic acid groups (broad SMARTS) is 1. The maximum absolute atomic E-state index is 13.5. The quantitative estimate of drug-likeness (QED) is 0.223. The highest BCUT2D eigenvalue weighted by Crippen LogP contribution is 2.39. The van der Waals surface area contributed by atoms with E-state index in [1.54, 1.807) is 26.0 Å². The highest BCUT2D eigenvalue weighted by Gasteiger charge is 2.36. The fourth-order valence-electron chi connectivity index (χ4n) is 4.20. The van der Waals surface area contributed by atoms with Crippen LogP contribution in [0, 0.1) is 5.92 Å². The summed E-state index contributed by atoms with van der Waals surface area (Å²) in [6.07, 6.45) is 4.05. The second kappa shape index (κ2) is 12.7. The molecule has 6 nitrogen and oxygen atoms in total. The number of methoxy groups -OCH3 is 1. The number of ether oxygens (including phenoxy) is 1. The van der Waals surface area contributed by atoms with Gasteiger partial charge in [-0.3, -0.25) is 9.10 Å². The minimum Gasteiger partial charge on any atom is -0.501 e. The van der Waals surface area contributed by atoms with Gasteiger partial charge in [0.2, 0.25) is 0 Å². The molecule has 0 fully saturated rings. The van der Waals surface area contributed by atoms with Crippen LogP contribution in [0.1, 0.15) is 46.0 Å². The fraction of sp³-hybridized carbons (Fsp3) is 0.423. The van der Waals surface area contributed by atoms with Crippen LogP contribution in [0.3, 0.4) is 0 Å². The molecule has 0 spiro atoms. The van der Waals surface area contributed by atoms with Crippen LogP contribution in [-0.4, -0.2) is 43.6 Å². The number of hydrogen-bond donors (Lipinski definition) is 1. The lowest BCUT2D eigenvalue weighted by Gasteiger charge is -2.22. The third kappa shape index (κ3) is 7.88. The minimum absolute atomic E-state index is 0.0318. The normalized spacial score (nSPS) is 20.1. The third-order valence-corrected chi connectivity index (χ3v) is 8.36. The minimum atomic E-state index is -4.47. The van der Waals surface area contributed by atoms with Gasteiger partial charge in [-0.2, -0.15) is 13.2 Å². The van der Waals surface area contributed by atoms with E-state index in [0.717, 1.165) is 6.08 Å². The molecule has 2 aliphatic rings. The Bertz CT molecular complexity index is 1210. The van der Waals surface area contributed by atoms with Crippen molar-refractivity contribution in [3.05, 3.63) is 81.1 Å². The lowest BCUT2D eigenvalue weighted by atomic mass is 9.93. The number of carbonyl (C=O) groups is 1. The fourth-order valence-corrected chi connectivity index (χ4v) is 6.12. The van der Waals surface area contributed by atoms with E-state index in [1.165, 1.54) is 29.8 Å². The molecule has 0 aromatic carbocycles. The smallest absolute Gasteiger partial charge is 0.412 e. The largest absolute Gasteiger partial charge is 0.501 e. The van der Waals surface area contributed by atoms with Gasteiger partial charge in [-0.25, -0.2) is 8.42 Å². The predicted molar refractivity (Wildman–Crippen MR) is 138 cm³/mol. The summed E-state index contributed by atoms with van der Waals surface area (Å²) in [6.45, 7) is 6.88. The number of nitrogens with zero attached hydrogens (tertiary/aromatic N) is 1. The van der Waals surface area contributed by atoms with Gasteiger partial charge in [-0.05, 0) is 68.1 Å². The van der Waals surface area contributed by atoms with Crippen LogP contribution in [0.4, 0.5) is 13.2 Å². The van der Waals surface area contributed by atoms with Crippen molar-refractivity contribution in [2.75, 3.05) is 13.7 Å². The van der Waals surface area contributed by atoms with Gasteiger partial charge in [-0.15, -0.1) is 0 Å². The van der Waals surface area contributed by atoms with Crippen molar-refractivity contribution >= 4 is 27.6 Å². The van der Waals surface area contributed by atoms with Gasteiger partial charge >= 0.3 is 12.1 Å². The zero-order valence-electron chi connectivity index (χ0n) is 20.9. The van der Waals surface area contributed by atoms with Gasteiger partial charge in [0.15, 0.2) is 0 Å². The molecular formula is C26H31ClF3NO5S. The maximum atomic E-state index is 13.5. The summed E-state index contributed by atoms with van der Waals surface area (Å²) in [5.41, 5.74) is 0.828. The lowest BCUT2D eigenvalue weighted by Crippen LogP contribution is -2.27. The van der Waals surface area contributed by atoms with Crippen LogP contribution in [0.15, 0.2) is 81.1 Å². The van der Waals surface area contributed by atoms with Crippen molar-refractivity contribution in [2.45, 2.75) is 52.1 Å². The van der Waals surface area contributed by atoms with Crippen molar-refractivity contribution in [1.29, 1.82) is 0 Å². The highest BCUT2D eigenvalue weighted by atomic mass is 35.5. The summed E-state index contributed by atoms with van der Waals surface area (Å²) in [6, 6.07) is 0. The molecule has 0 saturated heterocycles. The molecule has 1 aliphatic carbocycles. The maximum Gasteiger partial charge on any atom is 0.412 e. The van der Waals surface area contributed by atoms with Crippen molar-refractivity contribution in [1.82, 2.24) is 4.31 Å². The summed E-state index contributed by atoms with van der Waals surface area (Å²) in [5, 5.41) is 9.05. The van der Waals surface area contributed by atoms with E-state index in [9.17, 15) is 26.4 Å². The average Bonchev–Trinajstić information content (AvgIpc) is 3.23. The number of rotatable bonds is 11. The molecule has 1 unspecified atom stereocenters. The molecule has 37 heavy (non-hydrogen) atoms. The Morgan fingerprint density at radius 3 is 2.54 bits per heavy atom. The van der Waals surface area contributed by atoms with Crippen molar-refractivity contribution in [3.63, 3.8) is 0 Å². The van der Waals surface area contributed by atoms with Crippen LogP contribution in [0.5, 0.6) is 0 Å². The Morgan fingerprint density at radius 2 is 2.03 bits per heavy atom. The van der Waals surface area contributed by atoms with Crippen molar-refractivity contribution in [2.24, 2.45) is 5.92 Å². The molecule has 1 aliphatic heterocycles. The van der Waals surface area contributed by atoms with E-state index in [2.05, 4.69) is 6.58 Å². The summed E-state index contributed by atoms with van der Waals surface area (Å²) in [5.74, 6) is -0.722. The van der Waals surface area contributed by atoms with E-state index in [1.807, 2.05) is 0 Å². The molecule has 0 amide bonds. The number of hydrogen-bond acceptors (Lipinski definition) is 4. The number of aliphatic carboxylic acids is 1. The molecule has 0 aromatic rings. The SMILES string of the molecule is C=C/C=C(\CC1CN(S(=O)(=O)C(/C=C(\C)C2=C(Cl)C=C(C(F)(F)F)CC2)=C/C)C=C1CCC(=O)O)OC. The predicted octanol–water partition coefficient (Wildman–Crippen LogP) is 6.73. The summed E-state index contributed by atoms with van der Waals surface area (Å²) < 4.78 is 72.7. The van der Waals surface area contributed by atoms with E-state index in [4.69, 9.17) is 21.4 Å². The molecule has 1 N–H and O–H groups in total. The zero-order valence-corrected chi connectivity index (χ0v) is 22.5. The number of sulfonamides is 1. The molecule has 0 radical (unpaired) electrons. The summed E-state index contributed by atoms with van der Waals surface area (Å²) in [7, 11) is -2.55. The molecule has 2 rings (SSSR count). The van der Waals surface area contributed by atoms with Gasteiger partial charge in [0.05, 0.1) is 17.8 Å². The first-order valence-electron chi connectivity index (χ1n) is 11.6. The van der Waals surface area contributed by atoms with Gasteiger partial charge in [0.25, 0.3) is 10.0 Å². The van der Waals surface area contributed by atoms with E-state index in [-0.39, 0.29) is 48.1 Å². The Balaban J connectivity index is 2.38. The molecule has 1 atom stereocenters. The third-order valence-electron chi connectivity index (χ3n) is 6.20. The molecule has 204 valence electrons. The highest BCUT2D eigenvalue weighted by molar-refractivity contribution is 7.93. The number of carboxylic acids is 1. The van der Waals surface area contributed by atoms with E-state index in [0.29, 0.717) is 28.9 Å². The Kier molecular flexibility index (Phi) is 10.5. The second-order valence-electron chi connectivity index (χ2n) is 8.66. The summed E-state index contributed by atoms with van der Waals surface area (Å²) >= 11 is 6.13. The van der Waals surface area contributed by atoms with Crippen molar-refractivity contribution in [3.8, 4) is 0 Å². The topological polar surface area (TPSA) is 83.9 Å². The average molecular weight is 562 g/mol. The Labute approximate surface area is 220 Å². The standard InChI is InChI=1S/C26H31ClF3NO5S/c1-5-7-21(36-4)13-19-16-31(15-18(19)8-11-25(32)33)37(34,35)22(6-2)12-17(3)23-10-9-20(14-24(23)27)26(28,29)30/h5-7,12,14-15,19H,1,8-11,13,16H2,2-4H3,(H,32,33)/b17-12+,21-7+,22-6+. The number of allylic oxidation sites excluding steroid dienone is 10. The Morgan fingerprint density at radius 1 is 1.35 bits per heavy atom. The first-order chi connectivity index (χ1) is 17.2. The second-order valence-corrected chi connectivity index (χ2v) is 11.0. The van der Waals surface area contributed by atoms with Gasteiger partial charge < -0.3 is 9.84 Å². The van der Waals surface area contributed by atoms with Crippen LogP contribution < -0.4 is 0 Å². The Hall–Kier alpha value is -2.72. The zero-order chi connectivity index (χ0) is 28.0. The lowest BCUT2D eigenvalue weighted by molar-refractivity contribution is -0.137. The summed E-state index contributed by atoms with van der Waals surface area (Å²) in [4.78, 5) is 11.1. The molecular weight excluding hydrogens is 531 g/mol. The molecule has 0 saturated carbocycles. The van der Waals surface area contributed by atoms with Crippen molar-refractivity contribution < 1.29 is 36.2 Å².